The normalized spacial score (nSPS) is 20.6. The molecule has 3 heteroatoms. The molecule has 0 amide bonds. The van der Waals surface area contributed by atoms with Crippen LogP contribution in [0.25, 0.3) is 0 Å². The molecule has 0 saturated heterocycles. The van der Waals surface area contributed by atoms with E-state index in [-0.39, 0.29) is 0 Å². The first-order valence-corrected chi connectivity index (χ1v) is 8.34. The number of hydrogen-bond donors (Lipinski definition) is 1. The number of rotatable bonds is 4. The molecule has 112 valence electrons. The van der Waals surface area contributed by atoms with Gasteiger partial charge in [-0.25, -0.2) is 0 Å². The van der Waals surface area contributed by atoms with E-state index in [1.807, 2.05) is 7.05 Å². The molecule has 1 aromatic rings. The van der Waals surface area contributed by atoms with Crippen LogP contribution < -0.4 is 10.1 Å². The van der Waals surface area contributed by atoms with Crippen LogP contribution in [0.5, 0.6) is 5.75 Å². The van der Waals surface area contributed by atoms with Crippen LogP contribution in [0.4, 0.5) is 0 Å². The Labute approximate surface area is 131 Å². The monoisotopic (exact) mass is 339 g/mol. The molecule has 1 atom stereocenters. The Morgan fingerprint density at radius 3 is 2.50 bits per heavy atom. The van der Waals surface area contributed by atoms with E-state index in [1.54, 1.807) is 0 Å². The van der Waals surface area contributed by atoms with Gasteiger partial charge in [0.2, 0.25) is 0 Å². The van der Waals surface area contributed by atoms with Crippen LogP contribution in [0.1, 0.15) is 58.1 Å². The molecule has 0 bridgehead atoms. The van der Waals surface area contributed by atoms with Gasteiger partial charge in [-0.1, -0.05) is 35.8 Å². The molecule has 1 unspecified atom stereocenters. The largest absolute Gasteiger partial charge is 0.490 e. The standard InChI is InChI=1S/C17H26BrNO/c1-12(19-4)15-6-5-14(11-16(15)18)20-13-7-9-17(2,3)10-8-13/h5-6,11-13,19H,7-10H2,1-4H3. The van der Waals surface area contributed by atoms with Gasteiger partial charge >= 0.3 is 0 Å². The lowest BCUT2D eigenvalue weighted by atomic mass is 9.76. The van der Waals surface area contributed by atoms with Crippen LogP contribution in [0.15, 0.2) is 22.7 Å². The Balaban J connectivity index is 1.99. The molecular weight excluding hydrogens is 314 g/mol. The van der Waals surface area contributed by atoms with Gasteiger partial charge in [0.25, 0.3) is 0 Å². The Kier molecular flexibility index (Phi) is 5.14. The first kappa shape index (κ1) is 15.8. The highest BCUT2D eigenvalue weighted by Gasteiger charge is 2.27. The van der Waals surface area contributed by atoms with E-state index < -0.39 is 0 Å². The van der Waals surface area contributed by atoms with Gasteiger partial charge in [0, 0.05) is 10.5 Å². The van der Waals surface area contributed by atoms with Gasteiger partial charge < -0.3 is 10.1 Å². The Morgan fingerprint density at radius 2 is 1.95 bits per heavy atom. The van der Waals surface area contributed by atoms with E-state index >= 15 is 0 Å². The number of benzene rings is 1. The van der Waals surface area contributed by atoms with Crippen LogP contribution in [0, 0.1) is 5.41 Å². The fourth-order valence-electron chi connectivity index (χ4n) is 2.77. The van der Waals surface area contributed by atoms with Crippen molar-refractivity contribution in [1.82, 2.24) is 5.32 Å². The van der Waals surface area contributed by atoms with Crippen molar-refractivity contribution < 1.29 is 4.74 Å². The maximum Gasteiger partial charge on any atom is 0.120 e. The fraction of sp³-hybridized carbons (Fsp3) is 0.647. The number of halogens is 1. The van der Waals surface area contributed by atoms with Gasteiger partial charge in [0.05, 0.1) is 6.10 Å². The Hall–Kier alpha value is -0.540. The first-order valence-electron chi connectivity index (χ1n) is 7.55. The smallest absolute Gasteiger partial charge is 0.120 e. The molecule has 2 rings (SSSR count). The van der Waals surface area contributed by atoms with E-state index in [1.165, 1.54) is 31.2 Å². The summed E-state index contributed by atoms with van der Waals surface area (Å²) in [5.74, 6) is 0.980. The second-order valence-corrected chi connectivity index (χ2v) is 7.53. The summed E-state index contributed by atoms with van der Waals surface area (Å²) < 4.78 is 7.27. The minimum absolute atomic E-state index is 0.342. The van der Waals surface area contributed by atoms with Crippen LogP contribution in [-0.2, 0) is 0 Å². The molecule has 1 aliphatic carbocycles. The molecule has 20 heavy (non-hydrogen) atoms. The van der Waals surface area contributed by atoms with Gasteiger partial charge in [-0.2, -0.15) is 0 Å². The predicted molar refractivity (Wildman–Crippen MR) is 88.3 cm³/mol. The Bertz CT molecular complexity index is 448. The van der Waals surface area contributed by atoms with Crippen molar-refractivity contribution in [2.24, 2.45) is 5.41 Å². The summed E-state index contributed by atoms with van der Waals surface area (Å²) in [6.45, 7) is 6.87. The quantitative estimate of drug-likeness (QED) is 0.825. The zero-order valence-corrected chi connectivity index (χ0v) is 14.6. The summed E-state index contributed by atoms with van der Waals surface area (Å²) in [7, 11) is 1.98. The Morgan fingerprint density at radius 1 is 1.30 bits per heavy atom. The van der Waals surface area contributed by atoms with Gasteiger partial charge in [-0.05, 0) is 62.8 Å². The molecule has 2 nitrogen and oxygen atoms in total. The highest BCUT2D eigenvalue weighted by Crippen LogP contribution is 2.37. The second-order valence-electron chi connectivity index (χ2n) is 6.68. The summed E-state index contributed by atoms with van der Waals surface area (Å²) in [4.78, 5) is 0. The van der Waals surface area contributed by atoms with Gasteiger partial charge in [-0.3, -0.25) is 0 Å². The highest BCUT2D eigenvalue weighted by molar-refractivity contribution is 9.10. The lowest BCUT2D eigenvalue weighted by Crippen LogP contribution is -2.28. The van der Waals surface area contributed by atoms with E-state index in [0.29, 0.717) is 17.6 Å². The van der Waals surface area contributed by atoms with Crippen molar-refractivity contribution in [2.75, 3.05) is 7.05 Å². The second kappa shape index (κ2) is 6.48. The maximum absolute atomic E-state index is 6.15. The fourth-order valence-corrected chi connectivity index (χ4v) is 3.47. The molecule has 0 spiro atoms. The molecule has 1 aliphatic rings. The van der Waals surface area contributed by atoms with Crippen molar-refractivity contribution in [2.45, 2.75) is 58.6 Å². The van der Waals surface area contributed by atoms with Crippen molar-refractivity contribution in [3.05, 3.63) is 28.2 Å². The average molecular weight is 340 g/mol. The summed E-state index contributed by atoms with van der Waals surface area (Å²) in [6, 6.07) is 6.68. The minimum atomic E-state index is 0.342. The third kappa shape index (κ3) is 3.98. The molecule has 0 heterocycles. The first-order chi connectivity index (χ1) is 9.41. The van der Waals surface area contributed by atoms with Crippen LogP contribution in [0.2, 0.25) is 0 Å². The zero-order valence-electron chi connectivity index (χ0n) is 13.0. The lowest BCUT2D eigenvalue weighted by Gasteiger charge is -2.34. The molecule has 1 aromatic carbocycles. The molecule has 0 aliphatic heterocycles. The third-order valence-electron chi connectivity index (χ3n) is 4.46. The summed E-state index contributed by atoms with van der Waals surface area (Å²) in [6.07, 6.45) is 5.22. The third-order valence-corrected chi connectivity index (χ3v) is 5.15. The zero-order chi connectivity index (χ0) is 14.8. The number of hydrogen-bond acceptors (Lipinski definition) is 2. The molecule has 0 radical (unpaired) electrons. The van der Waals surface area contributed by atoms with Crippen molar-refractivity contribution in [3.63, 3.8) is 0 Å². The van der Waals surface area contributed by atoms with Crippen molar-refractivity contribution >= 4 is 15.9 Å². The highest BCUT2D eigenvalue weighted by atomic mass is 79.9. The molecule has 0 aromatic heterocycles. The lowest BCUT2D eigenvalue weighted by molar-refractivity contribution is 0.0987. The van der Waals surface area contributed by atoms with Gasteiger partial charge in [0.15, 0.2) is 0 Å². The molecule has 1 saturated carbocycles. The average Bonchev–Trinajstić information content (AvgIpc) is 2.40. The number of nitrogens with one attached hydrogen (secondary N) is 1. The predicted octanol–water partition coefficient (Wildman–Crippen LogP) is 5.08. The molecule has 1 N–H and O–H groups in total. The van der Waals surface area contributed by atoms with E-state index in [0.717, 1.165) is 10.2 Å². The minimum Gasteiger partial charge on any atom is -0.490 e. The van der Waals surface area contributed by atoms with Crippen molar-refractivity contribution in [1.29, 1.82) is 0 Å². The van der Waals surface area contributed by atoms with Gasteiger partial charge in [0.1, 0.15) is 5.75 Å². The van der Waals surface area contributed by atoms with Crippen LogP contribution >= 0.6 is 15.9 Å². The topological polar surface area (TPSA) is 21.3 Å². The van der Waals surface area contributed by atoms with Crippen molar-refractivity contribution in [3.8, 4) is 5.75 Å². The molecular formula is C17H26BrNO. The van der Waals surface area contributed by atoms with Crippen LogP contribution in [-0.4, -0.2) is 13.2 Å². The SMILES string of the molecule is CNC(C)c1ccc(OC2CCC(C)(C)CC2)cc1Br. The van der Waals surface area contributed by atoms with E-state index in [2.05, 4.69) is 60.2 Å². The summed E-state index contributed by atoms with van der Waals surface area (Å²) in [5.41, 5.74) is 1.76. The van der Waals surface area contributed by atoms with Gasteiger partial charge in [-0.15, -0.1) is 0 Å². The summed E-state index contributed by atoms with van der Waals surface area (Å²) in [5, 5.41) is 3.26. The summed E-state index contributed by atoms with van der Waals surface area (Å²) >= 11 is 3.65. The van der Waals surface area contributed by atoms with Crippen LogP contribution in [0.3, 0.4) is 0 Å². The number of ether oxygens (including phenoxy) is 1. The maximum atomic E-state index is 6.15. The van der Waals surface area contributed by atoms with E-state index in [4.69, 9.17) is 4.74 Å². The molecule has 1 fully saturated rings. The van der Waals surface area contributed by atoms with E-state index in [9.17, 15) is 0 Å².